The van der Waals surface area contributed by atoms with Crippen molar-refractivity contribution in [1.29, 1.82) is 0 Å². The van der Waals surface area contributed by atoms with Gasteiger partial charge in [0.25, 0.3) is 0 Å². The molecule has 1 aliphatic heterocycles. The van der Waals surface area contributed by atoms with E-state index in [4.69, 9.17) is 5.73 Å². The second-order valence-corrected chi connectivity index (χ2v) is 4.53. The van der Waals surface area contributed by atoms with Crippen LogP contribution in [0.1, 0.15) is 0 Å². The van der Waals surface area contributed by atoms with Gasteiger partial charge in [0.1, 0.15) is 12.9 Å². The molecule has 2 rings (SSSR count). The number of hydrogen-bond acceptors (Lipinski definition) is 7. The van der Waals surface area contributed by atoms with Gasteiger partial charge in [-0.1, -0.05) is 0 Å². The number of hydrogen-bond donors (Lipinski definition) is 1. The first-order valence-corrected chi connectivity index (χ1v) is 6.30. The Kier molecular flexibility index (Phi) is 4.51. The van der Waals surface area contributed by atoms with Gasteiger partial charge in [0.05, 0.1) is 13.7 Å². The van der Waals surface area contributed by atoms with Crippen LogP contribution in [0.3, 0.4) is 0 Å². The summed E-state index contributed by atoms with van der Waals surface area (Å²) in [5.41, 5.74) is 5.39. The number of nitrogens with two attached hydrogens (primary N) is 1. The van der Waals surface area contributed by atoms with Crippen molar-refractivity contribution in [3.63, 3.8) is 0 Å². The molecule has 1 aromatic heterocycles. The highest BCUT2D eigenvalue weighted by molar-refractivity contribution is 5.76. The second kappa shape index (κ2) is 6.33. The summed E-state index contributed by atoms with van der Waals surface area (Å²) in [5.74, 6) is -0.142. The number of methoxy groups -OCH3 is 1. The fourth-order valence-electron chi connectivity index (χ4n) is 2.03. The molecule has 0 spiro atoms. The predicted molar refractivity (Wildman–Crippen MR) is 69.5 cm³/mol. The van der Waals surface area contributed by atoms with Crippen molar-refractivity contribution in [1.82, 2.24) is 24.6 Å². The van der Waals surface area contributed by atoms with Gasteiger partial charge in [-0.2, -0.15) is 0 Å². The molecule has 0 unspecified atom stereocenters. The molecule has 2 N–H and O–H groups in total. The predicted octanol–water partition coefficient (Wildman–Crippen LogP) is -1.82. The Balaban J connectivity index is 1.78. The summed E-state index contributed by atoms with van der Waals surface area (Å²) in [6.07, 6.45) is 1.43. The van der Waals surface area contributed by atoms with Gasteiger partial charge in [-0.15, -0.1) is 5.10 Å². The minimum atomic E-state index is -0.261. The number of piperazine rings is 1. The first-order valence-electron chi connectivity index (χ1n) is 6.30. The number of nitrogen functional groups attached to an aromatic ring is 1. The van der Waals surface area contributed by atoms with Crippen LogP contribution in [0.5, 0.6) is 0 Å². The lowest BCUT2D eigenvalue weighted by molar-refractivity contribution is -0.142. The van der Waals surface area contributed by atoms with E-state index >= 15 is 0 Å². The number of nitrogens with zero attached hydrogens (tertiary/aromatic N) is 5. The summed E-state index contributed by atoms with van der Waals surface area (Å²) >= 11 is 0. The third kappa shape index (κ3) is 3.67. The number of amides is 1. The van der Waals surface area contributed by atoms with E-state index in [1.807, 2.05) is 4.90 Å². The minimum absolute atomic E-state index is 0.0346. The molecule has 1 aliphatic rings. The Morgan fingerprint density at radius 3 is 2.55 bits per heavy atom. The van der Waals surface area contributed by atoms with Gasteiger partial charge in [-0.05, 0) is 0 Å². The van der Waals surface area contributed by atoms with Gasteiger partial charge in [-0.3, -0.25) is 14.5 Å². The number of esters is 1. The van der Waals surface area contributed by atoms with Crippen LogP contribution in [0.2, 0.25) is 0 Å². The van der Waals surface area contributed by atoms with Crippen LogP contribution >= 0.6 is 0 Å². The quantitative estimate of drug-likeness (QED) is 0.648. The van der Waals surface area contributed by atoms with E-state index in [0.29, 0.717) is 26.2 Å². The number of ether oxygens (including phenoxy) is 1. The number of aromatic nitrogens is 3. The maximum Gasteiger partial charge on any atom is 0.319 e. The largest absolute Gasteiger partial charge is 0.468 e. The molecule has 20 heavy (non-hydrogen) atoms. The van der Waals surface area contributed by atoms with Crippen molar-refractivity contribution in [3.8, 4) is 0 Å². The molecule has 2 heterocycles. The Morgan fingerprint density at radius 1 is 1.30 bits per heavy atom. The Labute approximate surface area is 116 Å². The molecule has 0 atom stereocenters. The Morgan fingerprint density at radius 2 is 2.00 bits per heavy atom. The number of rotatable bonds is 4. The molecule has 1 fully saturated rings. The normalized spacial score (nSPS) is 16.1. The fraction of sp³-hybridized carbons (Fsp3) is 0.636. The van der Waals surface area contributed by atoms with Gasteiger partial charge in [0.2, 0.25) is 11.9 Å². The molecule has 0 radical (unpaired) electrons. The van der Waals surface area contributed by atoms with Crippen LogP contribution in [-0.2, 0) is 20.9 Å². The van der Waals surface area contributed by atoms with Crippen LogP contribution in [0.15, 0.2) is 6.33 Å². The van der Waals surface area contributed by atoms with Crippen molar-refractivity contribution in [3.05, 3.63) is 6.33 Å². The maximum absolute atomic E-state index is 12.0. The number of carbonyl (C=O) groups is 2. The molecule has 0 bridgehead atoms. The third-order valence-electron chi connectivity index (χ3n) is 3.16. The zero-order valence-electron chi connectivity index (χ0n) is 11.4. The van der Waals surface area contributed by atoms with Gasteiger partial charge in [0.15, 0.2) is 0 Å². The molecule has 1 amide bonds. The van der Waals surface area contributed by atoms with E-state index in [9.17, 15) is 9.59 Å². The van der Waals surface area contributed by atoms with Crippen LogP contribution in [-0.4, -0.2) is 76.3 Å². The molecule has 9 nitrogen and oxygen atoms in total. The smallest absolute Gasteiger partial charge is 0.319 e. The number of carbonyl (C=O) groups excluding carboxylic acids is 2. The average Bonchev–Trinajstić information content (AvgIpc) is 2.84. The van der Waals surface area contributed by atoms with Crippen LogP contribution < -0.4 is 5.73 Å². The summed E-state index contributed by atoms with van der Waals surface area (Å²) in [5, 5.41) is 3.88. The lowest BCUT2D eigenvalue weighted by atomic mass is 10.3. The highest BCUT2D eigenvalue weighted by atomic mass is 16.5. The first kappa shape index (κ1) is 14.3. The van der Waals surface area contributed by atoms with Gasteiger partial charge in [0, 0.05) is 26.2 Å². The standard InChI is InChI=1S/C11H18N6O3/c1-20-10(19)7-15-2-4-16(5-3-15)9(18)6-17-8-13-11(12)14-17/h8H,2-7H2,1H3,(H2,12,14). The molecule has 0 saturated carbocycles. The van der Waals surface area contributed by atoms with Crippen LogP contribution in [0.4, 0.5) is 5.95 Å². The van der Waals surface area contributed by atoms with Crippen molar-refractivity contribution < 1.29 is 14.3 Å². The number of anilines is 1. The third-order valence-corrected chi connectivity index (χ3v) is 3.16. The highest BCUT2D eigenvalue weighted by Gasteiger charge is 2.22. The average molecular weight is 282 g/mol. The van der Waals surface area contributed by atoms with E-state index in [1.165, 1.54) is 18.1 Å². The molecule has 1 saturated heterocycles. The zero-order valence-corrected chi connectivity index (χ0v) is 11.4. The maximum atomic E-state index is 12.0. The molecule has 0 aromatic carbocycles. The minimum Gasteiger partial charge on any atom is -0.468 e. The summed E-state index contributed by atoms with van der Waals surface area (Å²) in [7, 11) is 1.37. The molecule has 1 aromatic rings. The van der Waals surface area contributed by atoms with Crippen molar-refractivity contribution >= 4 is 17.8 Å². The lowest BCUT2D eigenvalue weighted by Gasteiger charge is -2.33. The van der Waals surface area contributed by atoms with Crippen LogP contribution in [0.25, 0.3) is 0 Å². The first-order chi connectivity index (χ1) is 9.58. The Hall–Kier alpha value is -2.16. The van der Waals surface area contributed by atoms with Gasteiger partial charge in [-0.25, -0.2) is 9.67 Å². The summed E-state index contributed by atoms with van der Waals surface area (Å²) < 4.78 is 6.03. The topological polar surface area (TPSA) is 107 Å². The summed E-state index contributed by atoms with van der Waals surface area (Å²) in [6, 6.07) is 0. The molecule has 9 heteroatoms. The van der Waals surface area contributed by atoms with Gasteiger partial charge >= 0.3 is 5.97 Å². The molecular weight excluding hydrogens is 264 g/mol. The zero-order chi connectivity index (χ0) is 14.5. The fourth-order valence-corrected chi connectivity index (χ4v) is 2.03. The van der Waals surface area contributed by atoms with E-state index in [1.54, 1.807) is 4.90 Å². The SMILES string of the molecule is COC(=O)CN1CCN(C(=O)Cn2cnc(N)n2)CC1. The second-order valence-electron chi connectivity index (χ2n) is 4.53. The van der Waals surface area contributed by atoms with E-state index in [2.05, 4.69) is 14.8 Å². The van der Waals surface area contributed by atoms with Crippen molar-refractivity contribution in [2.24, 2.45) is 0 Å². The van der Waals surface area contributed by atoms with E-state index in [0.717, 1.165) is 0 Å². The Bertz CT molecular complexity index is 480. The summed E-state index contributed by atoms with van der Waals surface area (Å²) in [4.78, 5) is 30.7. The lowest BCUT2D eigenvalue weighted by Crippen LogP contribution is -2.50. The molecule has 0 aliphatic carbocycles. The summed E-state index contributed by atoms with van der Waals surface area (Å²) in [6.45, 7) is 2.86. The highest BCUT2D eigenvalue weighted by Crippen LogP contribution is 2.03. The van der Waals surface area contributed by atoms with Crippen molar-refractivity contribution in [2.75, 3.05) is 45.6 Å². The van der Waals surface area contributed by atoms with Gasteiger partial charge < -0.3 is 15.4 Å². The monoisotopic (exact) mass is 282 g/mol. The molecular formula is C11H18N6O3. The van der Waals surface area contributed by atoms with Crippen molar-refractivity contribution in [2.45, 2.75) is 6.54 Å². The van der Waals surface area contributed by atoms with E-state index < -0.39 is 0 Å². The van der Waals surface area contributed by atoms with E-state index in [-0.39, 0.29) is 30.9 Å². The van der Waals surface area contributed by atoms with Crippen LogP contribution in [0, 0.1) is 0 Å². The molecule has 110 valence electrons.